The summed E-state index contributed by atoms with van der Waals surface area (Å²) in [6.07, 6.45) is 0. The van der Waals surface area contributed by atoms with Crippen LogP contribution in [0.4, 0.5) is 17.1 Å². The molecule has 0 aliphatic heterocycles. The molecule has 0 saturated carbocycles. The lowest BCUT2D eigenvalue weighted by Gasteiger charge is -2.30. The van der Waals surface area contributed by atoms with E-state index in [1.807, 2.05) is 0 Å². The molecule has 2 heteroatoms. The number of aromatic nitrogens is 1. The van der Waals surface area contributed by atoms with Gasteiger partial charge in [-0.05, 0) is 93.5 Å². The van der Waals surface area contributed by atoms with Gasteiger partial charge in [0.15, 0.2) is 0 Å². The second-order valence-electron chi connectivity index (χ2n) is 15.0. The molecule has 2 aliphatic carbocycles. The van der Waals surface area contributed by atoms with Gasteiger partial charge in [-0.15, -0.1) is 0 Å². The van der Waals surface area contributed by atoms with Gasteiger partial charge < -0.3 is 9.47 Å². The maximum Gasteiger partial charge on any atom is 0.0543 e. The van der Waals surface area contributed by atoms with E-state index in [4.69, 9.17) is 0 Å². The fraction of sp³-hybridized carbons (Fsp3) is 0.125. The van der Waals surface area contributed by atoms with E-state index < -0.39 is 0 Å². The maximum absolute atomic E-state index is 2.52. The Hall–Kier alpha value is -5.86. The third-order valence-corrected chi connectivity index (χ3v) is 11.6. The van der Waals surface area contributed by atoms with Crippen LogP contribution in [0.15, 0.2) is 158 Å². The SMILES string of the molecule is CC1(C)c2ccccc2-c2ccc(N(c3ccc4c(c3)c3ccccc3n4-c3ccccc3)c3cccc4c3-c3ccccc3C4(C)C)cc21. The van der Waals surface area contributed by atoms with Crippen molar-refractivity contribution >= 4 is 38.9 Å². The van der Waals surface area contributed by atoms with Crippen molar-refractivity contribution in [2.75, 3.05) is 4.90 Å². The molecule has 0 bridgehead atoms. The molecule has 10 rings (SSSR count). The van der Waals surface area contributed by atoms with Crippen LogP contribution in [0.3, 0.4) is 0 Å². The Morgan fingerprint density at radius 3 is 1.82 bits per heavy atom. The van der Waals surface area contributed by atoms with Gasteiger partial charge in [-0.1, -0.05) is 131 Å². The van der Waals surface area contributed by atoms with Crippen molar-refractivity contribution in [1.29, 1.82) is 0 Å². The van der Waals surface area contributed by atoms with Crippen LogP contribution in [-0.4, -0.2) is 4.57 Å². The molecule has 7 aromatic carbocycles. The quantitative estimate of drug-likeness (QED) is 0.185. The smallest absolute Gasteiger partial charge is 0.0543 e. The lowest BCUT2D eigenvalue weighted by molar-refractivity contribution is 0.660. The minimum absolute atomic E-state index is 0.0950. The zero-order valence-corrected chi connectivity index (χ0v) is 28.9. The van der Waals surface area contributed by atoms with Crippen LogP contribution in [-0.2, 0) is 10.8 Å². The van der Waals surface area contributed by atoms with Crippen LogP contribution < -0.4 is 4.90 Å². The average Bonchev–Trinajstić information content (AvgIpc) is 3.69. The second kappa shape index (κ2) is 10.3. The van der Waals surface area contributed by atoms with Gasteiger partial charge in [0.2, 0.25) is 0 Å². The molecule has 0 radical (unpaired) electrons. The molecule has 0 N–H and O–H groups in total. The summed E-state index contributed by atoms with van der Waals surface area (Å²) in [5, 5.41) is 2.50. The molecule has 50 heavy (non-hydrogen) atoms. The van der Waals surface area contributed by atoms with Crippen LogP contribution >= 0.6 is 0 Å². The third-order valence-electron chi connectivity index (χ3n) is 11.6. The van der Waals surface area contributed by atoms with Crippen LogP contribution in [0.25, 0.3) is 49.7 Å². The fourth-order valence-electron chi connectivity index (χ4n) is 9.14. The largest absolute Gasteiger partial charge is 0.310 e. The summed E-state index contributed by atoms with van der Waals surface area (Å²) >= 11 is 0. The Bertz CT molecular complexity index is 2650. The highest BCUT2D eigenvalue weighted by Gasteiger charge is 2.39. The summed E-state index contributed by atoms with van der Waals surface area (Å²) in [6.45, 7) is 9.47. The molecule has 0 fully saturated rings. The normalized spacial score (nSPS) is 14.7. The monoisotopic (exact) mass is 642 g/mol. The number of rotatable bonds is 4. The molecule has 1 aromatic heterocycles. The molecule has 2 aliphatic rings. The van der Waals surface area contributed by atoms with Gasteiger partial charge in [0, 0.05) is 44.2 Å². The standard InChI is InChI=1S/C48H38N2/c1-47(2)40-21-12-9-19-37(40)46-41(47)22-14-24-45(46)49(33-25-27-35-34-17-8-11-20-39(34)48(3,4)42(35)30-33)32-26-28-44-38(29-32)36-18-10-13-23-43(36)50(44)31-15-6-5-7-16-31/h5-30H,1-4H3. The summed E-state index contributed by atoms with van der Waals surface area (Å²) in [6, 6.07) is 58.5. The van der Waals surface area contributed by atoms with E-state index in [2.05, 4.69) is 195 Å². The number of hydrogen-bond acceptors (Lipinski definition) is 1. The van der Waals surface area contributed by atoms with Gasteiger partial charge >= 0.3 is 0 Å². The first kappa shape index (κ1) is 29.1. The molecule has 8 aromatic rings. The first-order valence-electron chi connectivity index (χ1n) is 17.7. The highest BCUT2D eigenvalue weighted by atomic mass is 15.1. The lowest BCUT2D eigenvalue weighted by Crippen LogP contribution is -2.17. The molecule has 0 unspecified atom stereocenters. The van der Waals surface area contributed by atoms with E-state index in [1.165, 1.54) is 83.4 Å². The fourth-order valence-corrected chi connectivity index (χ4v) is 9.14. The maximum atomic E-state index is 2.52. The van der Waals surface area contributed by atoms with Gasteiger partial charge in [0.1, 0.15) is 0 Å². The van der Waals surface area contributed by atoms with E-state index in [0.29, 0.717) is 0 Å². The molecule has 240 valence electrons. The summed E-state index contributed by atoms with van der Waals surface area (Å²) in [5.41, 5.74) is 17.8. The van der Waals surface area contributed by atoms with Crippen LogP contribution in [0.2, 0.25) is 0 Å². The number of benzene rings is 7. The summed E-state index contributed by atoms with van der Waals surface area (Å²) < 4.78 is 2.40. The number of nitrogens with zero attached hydrogens (tertiary/aromatic N) is 2. The Balaban J connectivity index is 1.26. The van der Waals surface area contributed by atoms with E-state index >= 15 is 0 Å². The highest BCUT2D eigenvalue weighted by molar-refractivity contribution is 6.11. The zero-order chi connectivity index (χ0) is 33.8. The second-order valence-corrected chi connectivity index (χ2v) is 15.0. The Kier molecular flexibility index (Phi) is 6.01. The molecular formula is C48H38N2. The zero-order valence-electron chi connectivity index (χ0n) is 28.9. The van der Waals surface area contributed by atoms with E-state index in [0.717, 1.165) is 5.69 Å². The molecule has 1 heterocycles. The van der Waals surface area contributed by atoms with Crippen LogP contribution in [0.1, 0.15) is 49.9 Å². The number of para-hydroxylation sites is 2. The first-order chi connectivity index (χ1) is 24.3. The topological polar surface area (TPSA) is 8.17 Å². The summed E-state index contributed by atoms with van der Waals surface area (Å²) in [7, 11) is 0. The van der Waals surface area contributed by atoms with Crippen molar-refractivity contribution in [2.45, 2.75) is 38.5 Å². The van der Waals surface area contributed by atoms with Gasteiger partial charge in [-0.3, -0.25) is 0 Å². The molecule has 0 saturated heterocycles. The number of hydrogen-bond donors (Lipinski definition) is 0. The van der Waals surface area contributed by atoms with Gasteiger partial charge in [-0.25, -0.2) is 0 Å². The first-order valence-corrected chi connectivity index (χ1v) is 17.7. The number of fused-ring (bicyclic) bond motifs is 9. The van der Waals surface area contributed by atoms with E-state index in [9.17, 15) is 0 Å². The molecule has 0 amide bonds. The van der Waals surface area contributed by atoms with Gasteiger partial charge in [0.25, 0.3) is 0 Å². The molecule has 2 nitrogen and oxygen atoms in total. The predicted octanol–water partition coefficient (Wildman–Crippen LogP) is 12.9. The van der Waals surface area contributed by atoms with E-state index in [1.54, 1.807) is 0 Å². The van der Waals surface area contributed by atoms with Gasteiger partial charge in [0.05, 0.1) is 16.7 Å². The molecular weight excluding hydrogens is 605 g/mol. The molecule has 0 spiro atoms. The van der Waals surface area contributed by atoms with Gasteiger partial charge in [-0.2, -0.15) is 0 Å². The van der Waals surface area contributed by atoms with Crippen molar-refractivity contribution in [3.05, 3.63) is 180 Å². The van der Waals surface area contributed by atoms with Crippen molar-refractivity contribution in [3.63, 3.8) is 0 Å². The third kappa shape index (κ3) is 3.91. The van der Waals surface area contributed by atoms with Crippen LogP contribution in [0, 0.1) is 0 Å². The summed E-state index contributed by atoms with van der Waals surface area (Å²) in [5.74, 6) is 0. The Morgan fingerprint density at radius 1 is 0.420 bits per heavy atom. The Morgan fingerprint density at radius 2 is 1.00 bits per heavy atom. The number of anilines is 3. The molecule has 0 atom stereocenters. The van der Waals surface area contributed by atoms with Crippen molar-refractivity contribution < 1.29 is 0 Å². The minimum atomic E-state index is -0.103. The van der Waals surface area contributed by atoms with Crippen molar-refractivity contribution in [3.8, 4) is 27.9 Å². The van der Waals surface area contributed by atoms with Crippen LogP contribution in [0.5, 0.6) is 0 Å². The summed E-state index contributed by atoms with van der Waals surface area (Å²) in [4.78, 5) is 2.52. The van der Waals surface area contributed by atoms with E-state index in [-0.39, 0.29) is 10.8 Å². The van der Waals surface area contributed by atoms with Crippen molar-refractivity contribution in [2.24, 2.45) is 0 Å². The average molecular weight is 643 g/mol. The van der Waals surface area contributed by atoms with Crippen molar-refractivity contribution in [1.82, 2.24) is 4.57 Å². The highest BCUT2D eigenvalue weighted by Crippen LogP contribution is 2.56. The lowest BCUT2D eigenvalue weighted by atomic mass is 9.82. The minimum Gasteiger partial charge on any atom is -0.310 e. The predicted molar refractivity (Wildman–Crippen MR) is 211 cm³/mol. The Labute approximate surface area is 293 Å².